The van der Waals surface area contributed by atoms with Crippen LogP contribution in [0.25, 0.3) is 10.9 Å². The van der Waals surface area contributed by atoms with Crippen LogP contribution in [0, 0.1) is 17.2 Å². The van der Waals surface area contributed by atoms with E-state index < -0.39 is 0 Å². The maximum Gasteiger partial charge on any atom is 0.103 e. The number of fused-ring (bicyclic) bond motifs is 1. The largest absolute Gasteiger partial charge is 0.370 e. The molecule has 0 radical (unpaired) electrons. The van der Waals surface area contributed by atoms with Gasteiger partial charge in [0, 0.05) is 24.7 Å². The fraction of sp³-hybridized carbons (Fsp3) is 0.412. The number of aromatic nitrogens is 1. The lowest BCUT2D eigenvalue weighted by Crippen LogP contribution is -2.27. The van der Waals surface area contributed by atoms with E-state index in [2.05, 4.69) is 28.9 Å². The van der Waals surface area contributed by atoms with Crippen molar-refractivity contribution < 1.29 is 0 Å². The van der Waals surface area contributed by atoms with Gasteiger partial charge in [-0.2, -0.15) is 5.26 Å². The summed E-state index contributed by atoms with van der Waals surface area (Å²) >= 11 is 0. The third-order valence-electron chi connectivity index (χ3n) is 3.85. The van der Waals surface area contributed by atoms with Crippen LogP contribution in [0.1, 0.15) is 31.7 Å². The molecule has 1 aromatic carbocycles. The summed E-state index contributed by atoms with van der Waals surface area (Å²) in [6.45, 7) is 4.26. The molecule has 1 heterocycles. The van der Waals surface area contributed by atoms with Crippen molar-refractivity contribution in [3.05, 3.63) is 36.0 Å². The average Bonchev–Trinajstić information content (AvgIpc) is 3.29. The summed E-state index contributed by atoms with van der Waals surface area (Å²) in [5.41, 5.74) is 2.74. The lowest BCUT2D eigenvalue weighted by atomic mass is 10.1. The Hall–Kier alpha value is -2.08. The number of pyridine rings is 1. The topological polar surface area (TPSA) is 39.9 Å². The molecule has 3 rings (SSSR count). The van der Waals surface area contributed by atoms with Gasteiger partial charge in [0.05, 0.1) is 16.8 Å². The first-order chi connectivity index (χ1) is 9.83. The highest BCUT2D eigenvalue weighted by atomic mass is 15.1. The first-order valence-electron chi connectivity index (χ1n) is 7.36. The number of nitriles is 1. The van der Waals surface area contributed by atoms with Gasteiger partial charge in [-0.1, -0.05) is 25.1 Å². The lowest BCUT2D eigenvalue weighted by molar-refractivity contribution is 0.709. The van der Waals surface area contributed by atoms with E-state index >= 15 is 0 Å². The minimum Gasteiger partial charge on any atom is -0.370 e. The number of hydrogen-bond donors (Lipinski definition) is 0. The molecule has 102 valence electrons. The van der Waals surface area contributed by atoms with Crippen molar-refractivity contribution in [3.8, 4) is 6.07 Å². The summed E-state index contributed by atoms with van der Waals surface area (Å²) < 4.78 is 0. The van der Waals surface area contributed by atoms with E-state index in [1.54, 1.807) is 6.20 Å². The predicted octanol–water partition coefficient (Wildman–Crippen LogP) is 3.73. The number of nitrogens with zero attached hydrogens (tertiary/aromatic N) is 3. The van der Waals surface area contributed by atoms with Crippen LogP contribution < -0.4 is 4.90 Å². The second-order valence-electron chi connectivity index (χ2n) is 5.54. The zero-order valence-corrected chi connectivity index (χ0v) is 11.8. The Kier molecular flexibility index (Phi) is 3.56. The van der Waals surface area contributed by atoms with Gasteiger partial charge in [-0.05, 0) is 31.2 Å². The molecule has 0 unspecified atom stereocenters. The Morgan fingerprint density at radius 1 is 1.35 bits per heavy atom. The maximum atomic E-state index is 9.43. The van der Waals surface area contributed by atoms with Crippen LogP contribution in [0.5, 0.6) is 0 Å². The van der Waals surface area contributed by atoms with E-state index in [9.17, 15) is 5.26 Å². The number of rotatable bonds is 5. The standard InChI is InChI=1S/C17H19N3/c1-2-9-20(12-13-7-8-13)17-14(10-18)11-19-16-6-4-3-5-15(16)17/h3-6,11,13H,2,7-9,12H2,1H3. The minimum absolute atomic E-state index is 0.692. The van der Waals surface area contributed by atoms with E-state index in [-0.39, 0.29) is 0 Å². The van der Waals surface area contributed by atoms with Crippen LogP contribution in [-0.2, 0) is 0 Å². The van der Waals surface area contributed by atoms with E-state index in [4.69, 9.17) is 0 Å². The zero-order chi connectivity index (χ0) is 13.9. The number of anilines is 1. The molecule has 0 N–H and O–H groups in total. The van der Waals surface area contributed by atoms with Crippen LogP contribution in [0.3, 0.4) is 0 Å². The highest BCUT2D eigenvalue weighted by Crippen LogP contribution is 2.35. The van der Waals surface area contributed by atoms with Gasteiger partial charge in [0.1, 0.15) is 6.07 Å². The van der Waals surface area contributed by atoms with Crippen molar-refractivity contribution in [2.45, 2.75) is 26.2 Å². The van der Waals surface area contributed by atoms with Crippen LogP contribution in [0.2, 0.25) is 0 Å². The Morgan fingerprint density at radius 2 is 2.15 bits per heavy atom. The van der Waals surface area contributed by atoms with E-state index in [0.29, 0.717) is 5.56 Å². The third-order valence-corrected chi connectivity index (χ3v) is 3.85. The smallest absolute Gasteiger partial charge is 0.103 e. The number of para-hydroxylation sites is 1. The Morgan fingerprint density at radius 3 is 2.85 bits per heavy atom. The van der Waals surface area contributed by atoms with Gasteiger partial charge in [0.25, 0.3) is 0 Å². The molecule has 2 aromatic rings. The number of hydrogen-bond acceptors (Lipinski definition) is 3. The molecule has 1 fully saturated rings. The van der Waals surface area contributed by atoms with Gasteiger partial charge in [0.15, 0.2) is 0 Å². The molecule has 0 atom stereocenters. The van der Waals surface area contributed by atoms with E-state index in [1.165, 1.54) is 12.8 Å². The van der Waals surface area contributed by atoms with Gasteiger partial charge in [-0.25, -0.2) is 0 Å². The molecule has 0 saturated heterocycles. The van der Waals surface area contributed by atoms with Gasteiger partial charge in [-0.3, -0.25) is 4.98 Å². The van der Waals surface area contributed by atoms with Gasteiger partial charge in [-0.15, -0.1) is 0 Å². The quantitative estimate of drug-likeness (QED) is 0.827. The van der Waals surface area contributed by atoms with Gasteiger partial charge < -0.3 is 4.90 Å². The van der Waals surface area contributed by atoms with Gasteiger partial charge >= 0.3 is 0 Å². The monoisotopic (exact) mass is 265 g/mol. The first kappa shape index (κ1) is 12.9. The van der Waals surface area contributed by atoms with Gasteiger partial charge in [0.2, 0.25) is 0 Å². The number of benzene rings is 1. The molecule has 0 amide bonds. The highest BCUT2D eigenvalue weighted by Gasteiger charge is 2.26. The summed E-state index contributed by atoms with van der Waals surface area (Å²) in [7, 11) is 0. The zero-order valence-electron chi connectivity index (χ0n) is 11.8. The average molecular weight is 265 g/mol. The molecular formula is C17H19N3. The predicted molar refractivity (Wildman–Crippen MR) is 81.7 cm³/mol. The van der Waals surface area contributed by atoms with Crippen LogP contribution in [0.4, 0.5) is 5.69 Å². The highest BCUT2D eigenvalue weighted by molar-refractivity contribution is 5.94. The maximum absolute atomic E-state index is 9.43. The molecule has 1 aliphatic rings. The lowest BCUT2D eigenvalue weighted by Gasteiger charge is -2.26. The summed E-state index contributed by atoms with van der Waals surface area (Å²) in [5.74, 6) is 0.806. The molecule has 1 aliphatic carbocycles. The van der Waals surface area contributed by atoms with E-state index in [1.807, 2.05) is 18.2 Å². The molecule has 1 saturated carbocycles. The van der Waals surface area contributed by atoms with Crippen molar-refractivity contribution >= 4 is 16.6 Å². The summed E-state index contributed by atoms with van der Waals surface area (Å²) in [6, 6.07) is 10.4. The molecule has 0 aliphatic heterocycles. The van der Waals surface area contributed by atoms with E-state index in [0.717, 1.165) is 42.0 Å². The minimum atomic E-state index is 0.692. The van der Waals surface area contributed by atoms with Crippen molar-refractivity contribution in [1.82, 2.24) is 4.98 Å². The molecule has 0 spiro atoms. The van der Waals surface area contributed by atoms with Crippen molar-refractivity contribution in [2.75, 3.05) is 18.0 Å². The molecular weight excluding hydrogens is 246 g/mol. The second-order valence-corrected chi connectivity index (χ2v) is 5.54. The van der Waals surface area contributed by atoms with Crippen molar-refractivity contribution in [2.24, 2.45) is 5.92 Å². The van der Waals surface area contributed by atoms with Crippen LogP contribution in [0.15, 0.2) is 30.5 Å². The normalized spacial score (nSPS) is 14.2. The first-order valence-corrected chi connectivity index (χ1v) is 7.36. The third kappa shape index (κ3) is 2.46. The SMILES string of the molecule is CCCN(CC1CC1)c1c(C#N)cnc2ccccc12. The fourth-order valence-corrected chi connectivity index (χ4v) is 2.73. The molecule has 3 heteroatoms. The molecule has 1 aromatic heterocycles. The Labute approximate surface area is 119 Å². The van der Waals surface area contributed by atoms with Crippen LogP contribution in [-0.4, -0.2) is 18.1 Å². The second kappa shape index (κ2) is 5.50. The van der Waals surface area contributed by atoms with Crippen molar-refractivity contribution in [1.29, 1.82) is 5.26 Å². The molecule has 0 bridgehead atoms. The Balaban J connectivity index is 2.12. The summed E-state index contributed by atoms with van der Waals surface area (Å²) in [4.78, 5) is 6.79. The molecule has 20 heavy (non-hydrogen) atoms. The fourth-order valence-electron chi connectivity index (χ4n) is 2.73. The summed E-state index contributed by atoms with van der Waals surface area (Å²) in [5, 5.41) is 10.5. The van der Waals surface area contributed by atoms with Crippen LogP contribution >= 0.6 is 0 Å². The van der Waals surface area contributed by atoms with Crippen molar-refractivity contribution in [3.63, 3.8) is 0 Å². The molecule has 3 nitrogen and oxygen atoms in total. The summed E-state index contributed by atoms with van der Waals surface area (Å²) in [6.07, 6.45) is 5.46. The Bertz CT molecular complexity index is 653.